The Bertz CT molecular complexity index is 141. The maximum atomic E-state index is 9.29. The van der Waals surface area contributed by atoms with Gasteiger partial charge in [0.15, 0.2) is 0 Å². The Balaban J connectivity index is 2.31. The molecular formula is C11H23NO. The second-order valence-corrected chi connectivity index (χ2v) is 4.54. The van der Waals surface area contributed by atoms with E-state index in [9.17, 15) is 5.11 Å². The first kappa shape index (κ1) is 11.0. The number of hydrogen-bond donors (Lipinski definition) is 1. The zero-order chi connectivity index (χ0) is 9.84. The number of aliphatic hydroxyl groups is 1. The Morgan fingerprint density at radius 2 is 1.85 bits per heavy atom. The first-order valence-electron chi connectivity index (χ1n) is 5.51. The highest BCUT2D eigenvalue weighted by atomic mass is 16.3. The van der Waals surface area contributed by atoms with Gasteiger partial charge in [-0.2, -0.15) is 0 Å². The fourth-order valence-corrected chi connectivity index (χ4v) is 2.33. The van der Waals surface area contributed by atoms with Crippen LogP contribution >= 0.6 is 0 Å². The summed E-state index contributed by atoms with van der Waals surface area (Å²) < 4.78 is 0. The van der Waals surface area contributed by atoms with Crippen molar-refractivity contribution in [2.45, 2.75) is 64.1 Å². The van der Waals surface area contributed by atoms with Gasteiger partial charge in [-0.3, -0.25) is 0 Å². The van der Waals surface area contributed by atoms with Crippen LogP contribution in [0.4, 0.5) is 0 Å². The molecule has 78 valence electrons. The maximum absolute atomic E-state index is 9.29. The summed E-state index contributed by atoms with van der Waals surface area (Å²) >= 11 is 0. The van der Waals surface area contributed by atoms with Crippen LogP contribution in [0.3, 0.4) is 0 Å². The molecule has 2 unspecified atom stereocenters. The highest BCUT2D eigenvalue weighted by molar-refractivity contribution is 4.79. The average Bonchev–Trinajstić information content (AvgIpc) is 2.53. The van der Waals surface area contributed by atoms with E-state index in [0.717, 1.165) is 12.5 Å². The summed E-state index contributed by atoms with van der Waals surface area (Å²) in [6.07, 6.45) is 6.19. The van der Waals surface area contributed by atoms with Gasteiger partial charge in [0.05, 0.1) is 6.10 Å². The monoisotopic (exact) mass is 185 g/mol. The fraction of sp³-hybridized carbons (Fsp3) is 1.00. The second kappa shape index (κ2) is 4.97. The molecule has 1 fully saturated rings. The van der Waals surface area contributed by atoms with E-state index >= 15 is 0 Å². The lowest BCUT2D eigenvalue weighted by Crippen LogP contribution is -2.38. The smallest absolute Gasteiger partial charge is 0.0526 e. The van der Waals surface area contributed by atoms with Gasteiger partial charge >= 0.3 is 0 Å². The molecule has 1 saturated carbocycles. The third-order valence-electron chi connectivity index (χ3n) is 3.28. The third-order valence-corrected chi connectivity index (χ3v) is 3.28. The molecular weight excluding hydrogens is 162 g/mol. The lowest BCUT2D eigenvalue weighted by molar-refractivity contribution is 0.111. The van der Waals surface area contributed by atoms with Crippen LogP contribution in [0.15, 0.2) is 0 Å². The fourth-order valence-electron chi connectivity index (χ4n) is 2.33. The molecule has 1 N–H and O–H groups in total. The summed E-state index contributed by atoms with van der Waals surface area (Å²) in [7, 11) is 2.20. The Morgan fingerprint density at radius 3 is 2.31 bits per heavy atom. The van der Waals surface area contributed by atoms with Crippen LogP contribution in [0.25, 0.3) is 0 Å². The summed E-state index contributed by atoms with van der Waals surface area (Å²) in [6.45, 7) is 4.09. The van der Waals surface area contributed by atoms with Crippen molar-refractivity contribution in [2.75, 3.05) is 7.05 Å². The van der Waals surface area contributed by atoms with E-state index in [1.807, 2.05) is 6.92 Å². The topological polar surface area (TPSA) is 23.5 Å². The van der Waals surface area contributed by atoms with Crippen molar-refractivity contribution >= 4 is 0 Å². The van der Waals surface area contributed by atoms with Crippen molar-refractivity contribution in [3.8, 4) is 0 Å². The molecule has 0 aromatic heterocycles. The molecule has 1 aliphatic carbocycles. The quantitative estimate of drug-likeness (QED) is 0.724. The largest absolute Gasteiger partial charge is 0.393 e. The number of nitrogens with zero attached hydrogens (tertiary/aromatic N) is 1. The number of hydrogen-bond acceptors (Lipinski definition) is 2. The molecule has 2 nitrogen and oxygen atoms in total. The van der Waals surface area contributed by atoms with Gasteiger partial charge in [-0.15, -0.1) is 0 Å². The molecule has 0 spiro atoms. The van der Waals surface area contributed by atoms with Crippen LogP contribution in [0.2, 0.25) is 0 Å². The van der Waals surface area contributed by atoms with Gasteiger partial charge in [-0.25, -0.2) is 0 Å². The number of rotatable bonds is 4. The second-order valence-electron chi connectivity index (χ2n) is 4.54. The highest BCUT2D eigenvalue weighted by Crippen LogP contribution is 2.24. The molecule has 0 radical (unpaired) electrons. The Hall–Kier alpha value is -0.0800. The van der Waals surface area contributed by atoms with E-state index in [-0.39, 0.29) is 6.10 Å². The zero-order valence-corrected chi connectivity index (χ0v) is 9.16. The highest BCUT2D eigenvalue weighted by Gasteiger charge is 2.23. The predicted molar refractivity (Wildman–Crippen MR) is 55.8 cm³/mol. The summed E-state index contributed by atoms with van der Waals surface area (Å²) in [5.41, 5.74) is 0. The third kappa shape index (κ3) is 3.28. The zero-order valence-electron chi connectivity index (χ0n) is 9.16. The Kier molecular flexibility index (Phi) is 4.20. The molecule has 0 amide bonds. The van der Waals surface area contributed by atoms with Gasteiger partial charge < -0.3 is 10.0 Å². The SMILES string of the molecule is CC(O)CC(C)N(C)C1CCCC1. The molecule has 1 aliphatic rings. The Morgan fingerprint density at radius 1 is 1.31 bits per heavy atom. The first-order valence-corrected chi connectivity index (χ1v) is 5.51. The normalized spacial score (nSPS) is 23.8. The van der Waals surface area contributed by atoms with Crippen molar-refractivity contribution < 1.29 is 5.11 Å². The lowest BCUT2D eigenvalue weighted by Gasteiger charge is -2.31. The van der Waals surface area contributed by atoms with E-state index < -0.39 is 0 Å². The van der Waals surface area contributed by atoms with Gasteiger partial charge in [-0.05, 0) is 40.2 Å². The van der Waals surface area contributed by atoms with Crippen LogP contribution in [0.1, 0.15) is 46.0 Å². The van der Waals surface area contributed by atoms with E-state index in [1.165, 1.54) is 25.7 Å². The van der Waals surface area contributed by atoms with Crippen molar-refractivity contribution in [1.29, 1.82) is 0 Å². The summed E-state index contributed by atoms with van der Waals surface area (Å²) in [6, 6.07) is 1.29. The van der Waals surface area contributed by atoms with Crippen molar-refractivity contribution in [2.24, 2.45) is 0 Å². The standard InChI is InChI=1S/C11H23NO/c1-9(8-10(2)13)12(3)11-6-4-5-7-11/h9-11,13H,4-8H2,1-3H3. The molecule has 0 aromatic carbocycles. The minimum atomic E-state index is -0.168. The molecule has 0 aromatic rings. The molecule has 2 heteroatoms. The molecule has 0 bridgehead atoms. The van der Waals surface area contributed by atoms with E-state index in [0.29, 0.717) is 6.04 Å². The van der Waals surface area contributed by atoms with Crippen molar-refractivity contribution in [1.82, 2.24) is 4.90 Å². The van der Waals surface area contributed by atoms with Crippen LogP contribution in [0, 0.1) is 0 Å². The molecule has 0 heterocycles. The Labute approximate surface area is 81.9 Å². The van der Waals surface area contributed by atoms with Crippen LogP contribution in [-0.4, -0.2) is 35.2 Å². The summed E-state index contributed by atoms with van der Waals surface area (Å²) in [5, 5.41) is 9.29. The van der Waals surface area contributed by atoms with Gasteiger partial charge in [0.25, 0.3) is 0 Å². The van der Waals surface area contributed by atoms with Gasteiger partial charge in [0.2, 0.25) is 0 Å². The summed E-state index contributed by atoms with van der Waals surface area (Å²) in [5.74, 6) is 0. The van der Waals surface area contributed by atoms with Gasteiger partial charge in [0, 0.05) is 12.1 Å². The first-order chi connectivity index (χ1) is 6.11. The summed E-state index contributed by atoms with van der Waals surface area (Å²) in [4.78, 5) is 2.44. The minimum absolute atomic E-state index is 0.168. The van der Waals surface area contributed by atoms with Gasteiger partial charge in [-0.1, -0.05) is 12.8 Å². The lowest BCUT2D eigenvalue weighted by atomic mass is 10.1. The predicted octanol–water partition coefficient (Wildman–Crippen LogP) is 2.02. The van der Waals surface area contributed by atoms with E-state index in [1.54, 1.807) is 0 Å². The van der Waals surface area contributed by atoms with Crippen LogP contribution in [0.5, 0.6) is 0 Å². The van der Waals surface area contributed by atoms with Gasteiger partial charge in [0.1, 0.15) is 0 Å². The molecule has 0 saturated heterocycles. The van der Waals surface area contributed by atoms with Crippen LogP contribution in [-0.2, 0) is 0 Å². The van der Waals surface area contributed by atoms with Crippen LogP contribution < -0.4 is 0 Å². The van der Waals surface area contributed by atoms with Crippen molar-refractivity contribution in [3.05, 3.63) is 0 Å². The molecule has 2 atom stereocenters. The maximum Gasteiger partial charge on any atom is 0.0526 e. The average molecular weight is 185 g/mol. The number of aliphatic hydroxyl groups excluding tert-OH is 1. The molecule has 13 heavy (non-hydrogen) atoms. The van der Waals surface area contributed by atoms with Crippen molar-refractivity contribution in [3.63, 3.8) is 0 Å². The van der Waals surface area contributed by atoms with E-state index in [4.69, 9.17) is 0 Å². The van der Waals surface area contributed by atoms with E-state index in [2.05, 4.69) is 18.9 Å². The molecule has 0 aliphatic heterocycles. The molecule has 1 rings (SSSR count). The minimum Gasteiger partial charge on any atom is -0.393 e.